The normalized spacial score (nSPS) is 31.6. The molecular weight excluding hydrogens is 222 g/mol. The smallest absolute Gasteiger partial charge is 0.119 e. The molecule has 1 aromatic rings. The molecule has 2 heteroatoms. The van der Waals surface area contributed by atoms with Crippen molar-refractivity contribution >= 4 is 0 Å². The van der Waals surface area contributed by atoms with E-state index in [0.29, 0.717) is 6.10 Å². The van der Waals surface area contributed by atoms with Crippen molar-refractivity contribution in [1.82, 2.24) is 4.90 Å². The van der Waals surface area contributed by atoms with Gasteiger partial charge in [-0.1, -0.05) is 19.1 Å². The Hall–Kier alpha value is -1.02. The van der Waals surface area contributed by atoms with Crippen molar-refractivity contribution in [2.75, 3.05) is 7.05 Å². The Kier molecular flexibility index (Phi) is 3.29. The molecule has 2 heterocycles. The van der Waals surface area contributed by atoms with E-state index in [1.165, 1.54) is 31.2 Å². The van der Waals surface area contributed by atoms with Crippen LogP contribution in [-0.2, 0) is 6.42 Å². The van der Waals surface area contributed by atoms with Crippen molar-refractivity contribution in [3.63, 3.8) is 0 Å². The van der Waals surface area contributed by atoms with E-state index >= 15 is 0 Å². The summed E-state index contributed by atoms with van der Waals surface area (Å²) >= 11 is 0. The minimum absolute atomic E-state index is 0.422. The first-order chi connectivity index (χ1) is 8.76. The fourth-order valence-electron chi connectivity index (χ4n) is 3.49. The predicted octanol–water partition coefficient (Wildman–Crippen LogP) is 3.25. The maximum atomic E-state index is 6.20. The second-order valence-corrected chi connectivity index (χ2v) is 5.76. The first-order valence-electron chi connectivity index (χ1n) is 7.23. The molecule has 2 saturated heterocycles. The van der Waals surface area contributed by atoms with Gasteiger partial charge in [0.25, 0.3) is 0 Å². The lowest BCUT2D eigenvalue weighted by molar-refractivity contribution is 0.0661. The molecule has 1 aromatic carbocycles. The summed E-state index contributed by atoms with van der Waals surface area (Å²) in [6, 6.07) is 10.1. The lowest BCUT2D eigenvalue weighted by Crippen LogP contribution is -2.43. The Morgan fingerprint density at radius 3 is 2.61 bits per heavy atom. The summed E-state index contributed by atoms with van der Waals surface area (Å²) in [5.74, 6) is 1.06. The predicted molar refractivity (Wildman–Crippen MR) is 74.0 cm³/mol. The molecule has 2 atom stereocenters. The van der Waals surface area contributed by atoms with Crippen LogP contribution in [0.15, 0.2) is 24.3 Å². The van der Waals surface area contributed by atoms with E-state index in [1.807, 2.05) is 0 Å². The second kappa shape index (κ2) is 4.93. The number of piperidine rings is 1. The molecule has 2 aliphatic heterocycles. The third kappa shape index (κ3) is 2.26. The molecule has 2 aliphatic rings. The molecule has 2 bridgehead atoms. The molecule has 2 nitrogen and oxygen atoms in total. The Balaban J connectivity index is 1.66. The van der Waals surface area contributed by atoms with Gasteiger partial charge in [0.15, 0.2) is 0 Å². The fraction of sp³-hybridized carbons (Fsp3) is 0.625. The van der Waals surface area contributed by atoms with Crippen LogP contribution in [0.2, 0.25) is 0 Å². The van der Waals surface area contributed by atoms with Crippen LogP contribution in [0, 0.1) is 0 Å². The zero-order chi connectivity index (χ0) is 12.5. The highest BCUT2D eigenvalue weighted by Crippen LogP contribution is 2.35. The van der Waals surface area contributed by atoms with Gasteiger partial charge in [-0.25, -0.2) is 0 Å². The van der Waals surface area contributed by atoms with Gasteiger partial charge in [-0.15, -0.1) is 0 Å². The van der Waals surface area contributed by atoms with Crippen molar-refractivity contribution < 1.29 is 4.74 Å². The van der Waals surface area contributed by atoms with Gasteiger partial charge in [0.1, 0.15) is 11.9 Å². The zero-order valence-corrected chi connectivity index (χ0v) is 11.4. The summed E-state index contributed by atoms with van der Waals surface area (Å²) < 4.78 is 6.20. The number of aryl methyl sites for hydroxylation is 1. The molecule has 2 unspecified atom stereocenters. The van der Waals surface area contributed by atoms with E-state index in [0.717, 1.165) is 24.3 Å². The van der Waals surface area contributed by atoms with Crippen molar-refractivity contribution in [1.29, 1.82) is 0 Å². The molecule has 2 fully saturated rings. The topological polar surface area (TPSA) is 12.5 Å². The molecule has 3 rings (SSSR count). The average Bonchev–Trinajstić information content (AvgIpc) is 2.62. The summed E-state index contributed by atoms with van der Waals surface area (Å²) in [6.45, 7) is 2.19. The summed E-state index contributed by atoms with van der Waals surface area (Å²) in [7, 11) is 2.27. The Labute approximate surface area is 110 Å². The van der Waals surface area contributed by atoms with Gasteiger partial charge in [0.2, 0.25) is 0 Å². The number of benzene rings is 1. The zero-order valence-electron chi connectivity index (χ0n) is 11.4. The quantitative estimate of drug-likeness (QED) is 0.810. The molecule has 0 radical (unpaired) electrons. The highest BCUT2D eigenvalue weighted by Gasteiger charge is 2.39. The number of hydrogen-bond donors (Lipinski definition) is 0. The first-order valence-corrected chi connectivity index (χ1v) is 7.23. The van der Waals surface area contributed by atoms with Crippen molar-refractivity contribution in [3.05, 3.63) is 29.8 Å². The number of fused-ring (bicyclic) bond motifs is 2. The number of nitrogens with zero attached hydrogens (tertiary/aromatic N) is 1. The van der Waals surface area contributed by atoms with Gasteiger partial charge < -0.3 is 9.64 Å². The maximum Gasteiger partial charge on any atom is 0.119 e. The lowest BCUT2D eigenvalue weighted by Gasteiger charge is -2.36. The summed E-state index contributed by atoms with van der Waals surface area (Å²) in [6.07, 6.45) is 6.61. The summed E-state index contributed by atoms with van der Waals surface area (Å²) in [5, 5.41) is 0. The number of hydrogen-bond acceptors (Lipinski definition) is 2. The van der Waals surface area contributed by atoms with E-state index in [-0.39, 0.29) is 0 Å². The number of rotatable bonds is 3. The van der Waals surface area contributed by atoms with E-state index in [9.17, 15) is 0 Å². The molecule has 0 aromatic heterocycles. The molecule has 0 aliphatic carbocycles. The van der Waals surface area contributed by atoms with E-state index in [4.69, 9.17) is 4.74 Å². The van der Waals surface area contributed by atoms with Crippen LogP contribution in [0.1, 0.15) is 38.2 Å². The minimum Gasteiger partial charge on any atom is -0.490 e. The third-order valence-corrected chi connectivity index (χ3v) is 4.66. The molecule has 0 amide bonds. The molecule has 0 spiro atoms. The monoisotopic (exact) mass is 245 g/mol. The van der Waals surface area contributed by atoms with Crippen LogP contribution in [0.3, 0.4) is 0 Å². The van der Waals surface area contributed by atoms with Gasteiger partial charge in [-0.05, 0) is 56.8 Å². The van der Waals surface area contributed by atoms with Crippen LogP contribution in [0.5, 0.6) is 5.75 Å². The van der Waals surface area contributed by atoms with Gasteiger partial charge >= 0.3 is 0 Å². The average molecular weight is 245 g/mol. The van der Waals surface area contributed by atoms with E-state index in [1.54, 1.807) is 0 Å². The standard InChI is InChI=1S/C16H23NO/c1-3-12-5-4-6-15(9-12)18-16-10-13-7-8-14(11-16)17(13)2/h4-6,9,13-14,16H,3,7-8,10-11H2,1-2H3. The Bertz CT molecular complexity index is 403. The highest BCUT2D eigenvalue weighted by molar-refractivity contribution is 5.28. The first kappa shape index (κ1) is 12.0. The van der Waals surface area contributed by atoms with Gasteiger partial charge in [0.05, 0.1) is 0 Å². The van der Waals surface area contributed by atoms with Gasteiger partial charge in [-0.2, -0.15) is 0 Å². The highest BCUT2D eigenvalue weighted by atomic mass is 16.5. The largest absolute Gasteiger partial charge is 0.490 e. The van der Waals surface area contributed by atoms with Crippen LogP contribution in [-0.4, -0.2) is 30.1 Å². The van der Waals surface area contributed by atoms with Crippen LogP contribution >= 0.6 is 0 Å². The lowest BCUT2D eigenvalue weighted by atomic mass is 10.0. The molecule has 0 saturated carbocycles. The van der Waals surface area contributed by atoms with E-state index in [2.05, 4.69) is 43.1 Å². The Morgan fingerprint density at radius 1 is 1.22 bits per heavy atom. The Morgan fingerprint density at radius 2 is 1.94 bits per heavy atom. The summed E-state index contributed by atoms with van der Waals surface area (Å²) in [5.41, 5.74) is 1.36. The minimum atomic E-state index is 0.422. The molecule has 18 heavy (non-hydrogen) atoms. The summed E-state index contributed by atoms with van der Waals surface area (Å²) in [4.78, 5) is 2.56. The van der Waals surface area contributed by atoms with Crippen molar-refractivity contribution in [3.8, 4) is 5.75 Å². The van der Waals surface area contributed by atoms with Gasteiger partial charge in [0, 0.05) is 12.1 Å². The van der Waals surface area contributed by atoms with Crippen LogP contribution in [0.25, 0.3) is 0 Å². The molecule has 98 valence electrons. The van der Waals surface area contributed by atoms with Crippen molar-refractivity contribution in [2.45, 2.75) is 57.2 Å². The van der Waals surface area contributed by atoms with Crippen LogP contribution in [0.4, 0.5) is 0 Å². The van der Waals surface area contributed by atoms with Gasteiger partial charge in [-0.3, -0.25) is 0 Å². The van der Waals surface area contributed by atoms with Crippen molar-refractivity contribution in [2.24, 2.45) is 0 Å². The number of ether oxygens (including phenoxy) is 1. The second-order valence-electron chi connectivity index (χ2n) is 5.76. The SMILES string of the molecule is CCc1cccc(OC2CC3CCC(C2)N3C)c1. The fourth-order valence-corrected chi connectivity index (χ4v) is 3.49. The third-order valence-electron chi connectivity index (χ3n) is 4.66. The molecular formula is C16H23NO. The van der Waals surface area contributed by atoms with E-state index < -0.39 is 0 Å². The molecule has 0 N–H and O–H groups in total. The van der Waals surface area contributed by atoms with Crippen LogP contribution < -0.4 is 4.74 Å². The maximum absolute atomic E-state index is 6.20.